The van der Waals surface area contributed by atoms with E-state index >= 15 is 0 Å². The van der Waals surface area contributed by atoms with Crippen molar-refractivity contribution in [1.29, 1.82) is 0 Å². The van der Waals surface area contributed by atoms with E-state index in [0.717, 1.165) is 19.4 Å². The Hall–Kier alpha value is -1.29. The maximum atomic E-state index is 10.4. The van der Waals surface area contributed by atoms with E-state index in [9.17, 15) is 4.79 Å². The van der Waals surface area contributed by atoms with Crippen LogP contribution in [0, 0.1) is 5.92 Å². The van der Waals surface area contributed by atoms with Crippen LogP contribution in [0.15, 0.2) is 16.5 Å². The zero-order valence-corrected chi connectivity index (χ0v) is 8.72. The van der Waals surface area contributed by atoms with Crippen molar-refractivity contribution in [3.05, 3.63) is 17.9 Å². The Balaban J connectivity index is 1.89. The molecule has 0 atom stereocenters. The zero-order valence-electron chi connectivity index (χ0n) is 8.72. The Labute approximate surface area is 88.5 Å². The van der Waals surface area contributed by atoms with Crippen LogP contribution >= 0.6 is 0 Å². The average Bonchev–Trinajstić information content (AvgIpc) is 2.63. The number of nitrogens with zero attached hydrogens (tertiary/aromatic N) is 1. The number of aliphatic hydroxyl groups is 1. The molecule has 1 saturated carbocycles. The van der Waals surface area contributed by atoms with Gasteiger partial charge < -0.3 is 14.4 Å². The molecular formula is C11H15NO3. The normalized spacial score (nSPS) is 24.7. The first-order chi connectivity index (χ1) is 7.19. The largest absolute Gasteiger partial charge is 0.438 e. The minimum atomic E-state index is -0.120. The van der Waals surface area contributed by atoms with Gasteiger partial charge in [-0.3, -0.25) is 4.79 Å². The summed E-state index contributed by atoms with van der Waals surface area (Å²) in [5.74, 6) is 1.60. The summed E-state index contributed by atoms with van der Waals surface area (Å²) in [6.45, 7) is 0.864. The standard InChI is InChI=1S/C11H15NO3/c1-12(6-8-4-9(14)5-8)11-3-2-10(7-13)15-11/h2-3,7-9,14H,4-6H2,1H3. The molecule has 0 aliphatic heterocycles. The van der Waals surface area contributed by atoms with Crippen LogP contribution in [0.25, 0.3) is 0 Å². The molecule has 1 aromatic heterocycles. The molecule has 15 heavy (non-hydrogen) atoms. The predicted molar refractivity (Wildman–Crippen MR) is 56.1 cm³/mol. The number of furan rings is 1. The van der Waals surface area contributed by atoms with Crippen molar-refractivity contribution in [2.75, 3.05) is 18.5 Å². The average molecular weight is 209 g/mol. The maximum Gasteiger partial charge on any atom is 0.196 e. The quantitative estimate of drug-likeness (QED) is 0.759. The highest BCUT2D eigenvalue weighted by atomic mass is 16.4. The number of aldehydes is 1. The molecule has 1 N–H and O–H groups in total. The van der Waals surface area contributed by atoms with Crippen molar-refractivity contribution in [2.45, 2.75) is 18.9 Å². The molecule has 4 heteroatoms. The van der Waals surface area contributed by atoms with E-state index in [2.05, 4.69) is 0 Å². The van der Waals surface area contributed by atoms with Gasteiger partial charge in [0, 0.05) is 19.7 Å². The summed E-state index contributed by atoms with van der Waals surface area (Å²) in [5, 5.41) is 9.16. The van der Waals surface area contributed by atoms with Gasteiger partial charge in [0.05, 0.1) is 6.10 Å². The van der Waals surface area contributed by atoms with Crippen LogP contribution in [0.3, 0.4) is 0 Å². The van der Waals surface area contributed by atoms with Crippen molar-refractivity contribution in [2.24, 2.45) is 5.92 Å². The van der Waals surface area contributed by atoms with Crippen LogP contribution in [-0.4, -0.2) is 31.1 Å². The van der Waals surface area contributed by atoms with Gasteiger partial charge in [0.25, 0.3) is 0 Å². The van der Waals surface area contributed by atoms with Gasteiger partial charge >= 0.3 is 0 Å². The highest BCUT2D eigenvalue weighted by Gasteiger charge is 2.28. The predicted octanol–water partition coefficient (Wildman–Crippen LogP) is 1.30. The molecule has 1 aliphatic carbocycles. The summed E-state index contributed by atoms with van der Waals surface area (Å²) in [5.41, 5.74) is 0. The minimum Gasteiger partial charge on any atom is -0.438 e. The first kappa shape index (κ1) is 10.2. The number of carbonyl (C=O) groups is 1. The van der Waals surface area contributed by atoms with Crippen molar-refractivity contribution in [3.63, 3.8) is 0 Å². The number of anilines is 1. The fourth-order valence-corrected chi connectivity index (χ4v) is 1.94. The van der Waals surface area contributed by atoms with E-state index in [1.54, 1.807) is 12.1 Å². The molecule has 0 spiro atoms. The van der Waals surface area contributed by atoms with Gasteiger partial charge in [0.1, 0.15) is 0 Å². The third-order valence-corrected chi connectivity index (χ3v) is 2.85. The van der Waals surface area contributed by atoms with Gasteiger partial charge in [-0.2, -0.15) is 0 Å². The second kappa shape index (κ2) is 4.06. The lowest BCUT2D eigenvalue weighted by Gasteiger charge is -2.34. The number of carbonyl (C=O) groups excluding carboxylic acids is 1. The number of hydrogen-bond donors (Lipinski definition) is 1. The third-order valence-electron chi connectivity index (χ3n) is 2.85. The topological polar surface area (TPSA) is 53.7 Å². The van der Waals surface area contributed by atoms with Gasteiger partial charge in [-0.15, -0.1) is 0 Å². The van der Waals surface area contributed by atoms with E-state index in [1.807, 2.05) is 11.9 Å². The monoisotopic (exact) mass is 209 g/mol. The van der Waals surface area contributed by atoms with Gasteiger partial charge in [-0.25, -0.2) is 0 Å². The van der Waals surface area contributed by atoms with Crippen LogP contribution in [-0.2, 0) is 0 Å². The first-order valence-electron chi connectivity index (χ1n) is 5.13. The SMILES string of the molecule is CN(CC1CC(O)C1)c1ccc(C=O)o1. The number of aliphatic hydroxyl groups excluding tert-OH is 1. The van der Waals surface area contributed by atoms with Gasteiger partial charge in [0.2, 0.25) is 0 Å². The molecule has 0 bridgehead atoms. The molecule has 0 aromatic carbocycles. The molecule has 1 fully saturated rings. The Morgan fingerprint density at radius 2 is 2.33 bits per heavy atom. The molecule has 2 rings (SSSR count). The Morgan fingerprint density at radius 3 is 2.87 bits per heavy atom. The molecule has 0 saturated heterocycles. The first-order valence-corrected chi connectivity index (χ1v) is 5.13. The summed E-state index contributed by atoms with van der Waals surface area (Å²) >= 11 is 0. The smallest absolute Gasteiger partial charge is 0.196 e. The fraction of sp³-hybridized carbons (Fsp3) is 0.545. The zero-order chi connectivity index (χ0) is 10.8. The molecule has 4 nitrogen and oxygen atoms in total. The molecule has 0 amide bonds. The molecule has 1 heterocycles. The van der Waals surface area contributed by atoms with E-state index in [0.29, 0.717) is 23.8 Å². The van der Waals surface area contributed by atoms with Gasteiger partial charge in [0.15, 0.2) is 17.9 Å². The summed E-state index contributed by atoms with van der Waals surface area (Å²) in [6.07, 6.45) is 2.31. The van der Waals surface area contributed by atoms with Crippen LogP contribution in [0.1, 0.15) is 23.4 Å². The van der Waals surface area contributed by atoms with Crippen molar-refractivity contribution in [1.82, 2.24) is 0 Å². The van der Waals surface area contributed by atoms with Crippen molar-refractivity contribution >= 4 is 12.2 Å². The number of rotatable bonds is 4. The Kier molecular flexibility index (Phi) is 2.77. The fourth-order valence-electron chi connectivity index (χ4n) is 1.94. The number of hydrogen-bond acceptors (Lipinski definition) is 4. The molecule has 1 aromatic rings. The summed E-state index contributed by atoms with van der Waals surface area (Å²) in [4.78, 5) is 12.4. The van der Waals surface area contributed by atoms with Crippen LogP contribution in [0.5, 0.6) is 0 Å². The van der Waals surface area contributed by atoms with Gasteiger partial charge in [-0.1, -0.05) is 0 Å². The van der Waals surface area contributed by atoms with E-state index in [1.165, 1.54) is 0 Å². The van der Waals surface area contributed by atoms with Crippen LogP contribution in [0.4, 0.5) is 5.88 Å². The second-order valence-electron chi connectivity index (χ2n) is 4.17. The van der Waals surface area contributed by atoms with Gasteiger partial charge in [-0.05, 0) is 24.8 Å². The van der Waals surface area contributed by atoms with Crippen LogP contribution in [0.2, 0.25) is 0 Å². The Morgan fingerprint density at radius 1 is 1.60 bits per heavy atom. The maximum absolute atomic E-state index is 10.4. The Bertz CT molecular complexity index is 341. The summed E-state index contributed by atoms with van der Waals surface area (Å²) in [7, 11) is 1.93. The lowest BCUT2D eigenvalue weighted by Crippen LogP contribution is -2.36. The minimum absolute atomic E-state index is 0.120. The molecule has 0 unspecified atom stereocenters. The molecular weight excluding hydrogens is 194 g/mol. The highest BCUT2D eigenvalue weighted by molar-refractivity contribution is 5.71. The molecule has 82 valence electrons. The van der Waals surface area contributed by atoms with Crippen molar-refractivity contribution in [3.8, 4) is 0 Å². The second-order valence-corrected chi connectivity index (χ2v) is 4.17. The molecule has 1 aliphatic rings. The lowest BCUT2D eigenvalue weighted by atomic mass is 9.82. The highest BCUT2D eigenvalue weighted by Crippen LogP contribution is 2.29. The lowest BCUT2D eigenvalue weighted by molar-refractivity contribution is 0.0462. The van der Waals surface area contributed by atoms with Crippen molar-refractivity contribution < 1.29 is 14.3 Å². The molecule has 0 radical (unpaired) electrons. The summed E-state index contributed by atoms with van der Waals surface area (Å²) in [6, 6.07) is 3.45. The van der Waals surface area contributed by atoms with E-state index in [4.69, 9.17) is 9.52 Å². The van der Waals surface area contributed by atoms with Crippen LogP contribution < -0.4 is 4.90 Å². The third kappa shape index (κ3) is 2.21. The summed E-state index contributed by atoms with van der Waals surface area (Å²) < 4.78 is 5.29. The van der Waals surface area contributed by atoms with E-state index in [-0.39, 0.29) is 6.10 Å². The van der Waals surface area contributed by atoms with E-state index < -0.39 is 0 Å².